The first-order valence-corrected chi connectivity index (χ1v) is 4.87. The van der Waals surface area contributed by atoms with Crippen LogP contribution in [0.2, 0.25) is 0 Å². The molecule has 66 valence electrons. The molecule has 0 bridgehead atoms. The second kappa shape index (κ2) is 2.72. The first-order valence-electron chi connectivity index (χ1n) is 4.87. The molecule has 1 saturated carbocycles. The summed E-state index contributed by atoms with van der Waals surface area (Å²) in [4.78, 5) is 11.6. The molecule has 1 fully saturated rings. The normalized spacial score (nSPS) is 41.0. The van der Waals surface area contributed by atoms with Crippen molar-refractivity contribution >= 4 is 5.78 Å². The van der Waals surface area contributed by atoms with E-state index in [4.69, 9.17) is 0 Å². The van der Waals surface area contributed by atoms with Crippen molar-refractivity contribution < 1.29 is 4.79 Å². The van der Waals surface area contributed by atoms with Crippen molar-refractivity contribution in [1.29, 1.82) is 0 Å². The predicted molar refractivity (Wildman–Crippen MR) is 48.8 cm³/mol. The first kappa shape index (κ1) is 8.03. The van der Waals surface area contributed by atoms with Crippen LogP contribution in [0, 0.1) is 17.8 Å². The number of fused-ring (bicyclic) bond motifs is 1. The van der Waals surface area contributed by atoms with Crippen molar-refractivity contribution in [3.63, 3.8) is 0 Å². The second-order valence-electron chi connectivity index (χ2n) is 4.51. The maximum absolute atomic E-state index is 11.6. The van der Waals surface area contributed by atoms with E-state index in [1.54, 1.807) is 0 Å². The van der Waals surface area contributed by atoms with E-state index in [0.29, 0.717) is 23.5 Å². The Labute approximate surface area is 73.8 Å². The molecule has 0 N–H and O–H groups in total. The molecule has 0 aromatic heterocycles. The van der Waals surface area contributed by atoms with E-state index in [1.165, 1.54) is 18.4 Å². The van der Waals surface area contributed by atoms with Gasteiger partial charge in [0.1, 0.15) is 5.78 Å². The maximum atomic E-state index is 11.6. The third kappa shape index (κ3) is 1.21. The van der Waals surface area contributed by atoms with Crippen LogP contribution in [0.1, 0.15) is 33.1 Å². The molecule has 12 heavy (non-hydrogen) atoms. The van der Waals surface area contributed by atoms with E-state index in [2.05, 4.69) is 19.9 Å². The molecule has 0 amide bonds. The van der Waals surface area contributed by atoms with Gasteiger partial charge in [-0.3, -0.25) is 4.79 Å². The standard InChI is InChI=1S/C11H16O/c1-7-3-9-4-8(2)6-11(12)10(9)5-7/h5,8-10H,3-4,6H2,1-2H3/t8?,9-,10-/m0/s1. The zero-order valence-electron chi connectivity index (χ0n) is 7.84. The lowest BCUT2D eigenvalue weighted by Crippen LogP contribution is -2.28. The van der Waals surface area contributed by atoms with Gasteiger partial charge in [0.2, 0.25) is 0 Å². The van der Waals surface area contributed by atoms with Gasteiger partial charge in [0.25, 0.3) is 0 Å². The van der Waals surface area contributed by atoms with Crippen LogP contribution in [0.15, 0.2) is 11.6 Å². The Morgan fingerprint density at radius 1 is 1.42 bits per heavy atom. The van der Waals surface area contributed by atoms with Crippen molar-refractivity contribution in [3.05, 3.63) is 11.6 Å². The summed E-state index contributed by atoms with van der Waals surface area (Å²) in [5.74, 6) is 2.05. The van der Waals surface area contributed by atoms with Crippen molar-refractivity contribution in [3.8, 4) is 0 Å². The van der Waals surface area contributed by atoms with Gasteiger partial charge < -0.3 is 0 Å². The minimum atomic E-state index is 0.293. The number of Topliss-reactive ketones (excluding diaryl/α,β-unsaturated/α-hetero) is 1. The van der Waals surface area contributed by atoms with Crippen LogP contribution >= 0.6 is 0 Å². The van der Waals surface area contributed by atoms with Gasteiger partial charge in [-0.1, -0.05) is 18.6 Å². The average molecular weight is 164 g/mol. The molecule has 1 unspecified atom stereocenters. The third-order valence-electron chi connectivity index (χ3n) is 3.18. The van der Waals surface area contributed by atoms with Crippen LogP contribution in [-0.4, -0.2) is 5.78 Å². The van der Waals surface area contributed by atoms with E-state index in [1.807, 2.05) is 0 Å². The molecule has 1 heteroatoms. The van der Waals surface area contributed by atoms with E-state index >= 15 is 0 Å². The van der Waals surface area contributed by atoms with Crippen LogP contribution in [0.25, 0.3) is 0 Å². The smallest absolute Gasteiger partial charge is 0.140 e. The third-order valence-corrected chi connectivity index (χ3v) is 3.18. The number of ketones is 1. The molecule has 0 aliphatic heterocycles. The Kier molecular flexibility index (Phi) is 1.82. The van der Waals surface area contributed by atoms with Crippen molar-refractivity contribution in [2.24, 2.45) is 17.8 Å². The van der Waals surface area contributed by atoms with Crippen LogP contribution in [0.4, 0.5) is 0 Å². The number of rotatable bonds is 0. The molecule has 1 nitrogen and oxygen atoms in total. The van der Waals surface area contributed by atoms with Gasteiger partial charge in [-0.25, -0.2) is 0 Å². The fraction of sp³-hybridized carbons (Fsp3) is 0.727. The molecule has 0 saturated heterocycles. The fourth-order valence-corrected chi connectivity index (χ4v) is 2.72. The summed E-state index contributed by atoms with van der Waals surface area (Å²) in [7, 11) is 0. The van der Waals surface area contributed by atoms with Crippen LogP contribution < -0.4 is 0 Å². The van der Waals surface area contributed by atoms with E-state index < -0.39 is 0 Å². The Balaban J connectivity index is 2.17. The Morgan fingerprint density at radius 2 is 2.17 bits per heavy atom. The van der Waals surface area contributed by atoms with E-state index in [0.717, 1.165) is 6.42 Å². The summed E-state index contributed by atoms with van der Waals surface area (Å²) in [5, 5.41) is 0. The summed E-state index contributed by atoms with van der Waals surface area (Å²) in [6, 6.07) is 0. The monoisotopic (exact) mass is 164 g/mol. The van der Waals surface area contributed by atoms with Gasteiger partial charge in [-0.2, -0.15) is 0 Å². The number of carbonyl (C=O) groups excluding carboxylic acids is 1. The second-order valence-corrected chi connectivity index (χ2v) is 4.51. The molecule has 2 rings (SSSR count). The van der Waals surface area contributed by atoms with Gasteiger partial charge in [-0.05, 0) is 31.6 Å². The van der Waals surface area contributed by atoms with Gasteiger partial charge in [0, 0.05) is 12.3 Å². The molecule has 2 aliphatic rings. The summed E-state index contributed by atoms with van der Waals surface area (Å²) in [5.41, 5.74) is 1.42. The Morgan fingerprint density at radius 3 is 2.92 bits per heavy atom. The molecule has 0 spiro atoms. The van der Waals surface area contributed by atoms with Gasteiger partial charge in [0.05, 0.1) is 0 Å². The number of hydrogen-bond donors (Lipinski definition) is 0. The van der Waals surface area contributed by atoms with E-state index in [9.17, 15) is 4.79 Å². The van der Waals surface area contributed by atoms with Gasteiger partial charge >= 0.3 is 0 Å². The Bertz CT molecular complexity index is 239. The van der Waals surface area contributed by atoms with Gasteiger partial charge in [-0.15, -0.1) is 0 Å². The minimum absolute atomic E-state index is 0.293. The largest absolute Gasteiger partial charge is 0.299 e. The summed E-state index contributed by atoms with van der Waals surface area (Å²) >= 11 is 0. The molecule has 0 heterocycles. The van der Waals surface area contributed by atoms with Crippen LogP contribution in [0.3, 0.4) is 0 Å². The highest BCUT2D eigenvalue weighted by atomic mass is 16.1. The number of carbonyl (C=O) groups is 1. The quantitative estimate of drug-likeness (QED) is 0.503. The zero-order chi connectivity index (χ0) is 8.72. The van der Waals surface area contributed by atoms with Crippen molar-refractivity contribution in [2.45, 2.75) is 33.1 Å². The van der Waals surface area contributed by atoms with Gasteiger partial charge in [0.15, 0.2) is 0 Å². The topological polar surface area (TPSA) is 17.1 Å². The average Bonchev–Trinajstić information content (AvgIpc) is 2.29. The first-order chi connectivity index (χ1) is 5.66. The summed E-state index contributed by atoms with van der Waals surface area (Å²) < 4.78 is 0. The lowest BCUT2D eigenvalue weighted by molar-refractivity contribution is -0.125. The van der Waals surface area contributed by atoms with E-state index in [-0.39, 0.29) is 0 Å². The van der Waals surface area contributed by atoms with Crippen molar-refractivity contribution in [2.75, 3.05) is 0 Å². The SMILES string of the molecule is CC1=C[C@@H]2C(=O)CC(C)C[C@@H]2C1. The summed E-state index contributed by atoms with van der Waals surface area (Å²) in [6.45, 7) is 4.35. The lowest BCUT2D eigenvalue weighted by atomic mass is 9.75. The van der Waals surface area contributed by atoms with Crippen LogP contribution in [0.5, 0.6) is 0 Å². The zero-order valence-corrected chi connectivity index (χ0v) is 7.84. The van der Waals surface area contributed by atoms with Crippen molar-refractivity contribution in [1.82, 2.24) is 0 Å². The molecule has 0 aromatic rings. The number of hydrogen-bond acceptors (Lipinski definition) is 1. The molecule has 2 aliphatic carbocycles. The molecule has 0 aromatic carbocycles. The van der Waals surface area contributed by atoms with Crippen LogP contribution in [-0.2, 0) is 4.79 Å². The highest BCUT2D eigenvalue weighted by Crippen LogP contribution is 2.40. The Hall–Kier alpha value is -0.590. The maximum Gasteiger partial charge on any atom is 0.140 e. The molecule has 3 atom stereocenters. The highest BCUT2D eigenvalue weighted by Gasteiger charge is 2.36. The fourth-order valence-electron chi connectivity index (χ4n) is 2.72. The molecular weight excluding hydrogens is 148 g/mol. The predicted octanol–water partition coefficient (Wildman–Crippen LogP) is 2.57. The molecule has 0 radical (unpaired) electrons. The molecular formula is C11H16O. The lowest BCUT2D eigenvalue weighted by Gasteiger charge is -2.28. The highest BCUT2D eigenvalue weighted by molar-refractivity contribution is 5.84. The minimum Gasteiger partial charge on any atom is -0.299 e. The summed E-state index contributed by atoms with van der Waals surface area (Å²) in [6.07, 6.45) is 5.43. The number of allylic oxidation sites excluding steroid dienone is 2.